The third-order valence-corrected chi connectivity index (χ3v) is 5.14. The topological polar surface area (TPSA) is 51.2 Å². The summed E-state index contributed by atoms with van der Waals surface area (Å²) in [4.78, 5) is 16.2. The number of amides is 1. The van der Waals surface area contributed by atoms with Gasteiger partial charge in [0.05, 0.1) is 6.10 Å². The summed E-state index contributed by atoms with van der Waals surface area (Å²) < 4.78 is 5.82. The summed E-state index contributed by atoms with van der Waals surface area (Å²) >= 11 is 0. The second kappa shape index (κ2) is 6.14. The second-order valence-electron chi connectivity index (χ2n) is 6.25. The standard InChI is InChI=1S/C17H24N2O2/c1-2-21-15-11-14(17(15)8-4-9-17)19-16(20)7-6-13-5-3-10-18-12-13/h3,5,10,12,14-15H,2,4,6-9,11H2,1H3,(H,19,20)/t14-,15+/m0/s1. The van der Waals surface area contributed by atoms with Crippen molar-refractivity contribution in [2.75, 3.05) is 6.61 Å². The molecule has 1 N–H and O–H groups in total. The molecule has 0 saturated heterocycles. The van der Waals surface area contributed by atoms with Crippen LogP contribution in [0.25, 0.3) is 0 Å². The molecule has 4 heteroatoms. The highest BCUT2D eigenvalue weighted by atomic mass is 16.5. The van der Waals surface area contributed by atoms with Gasteiger partial charge in [-0.05, 0) is 44.2 Å². The molecule has 1 spiro atoms. The van der Waals surface area contributed by atoms with E-state index in [0.29, 0.717) is 18.6 Å². The number of pyridine rings is 1. The summed E-state index contributed by atoms with van der Waals surface area (Å²) in [5, 5.41) is 3.23. The molecule has 2 atom stereocenters. The minimum absolute atomic E-state index is 0.157. The number of rotatable bonds is 6. The Morgan fingerprint density at radius 1 is 1.52 bits per heavy atom. The quantitative estimate of drug-likeness (QED) is 0.875. The lowest BCUT2D eigenvalue weighted by molar-refractivity contribution is -0.175. The van der Waals surface area contributed by atoms with Gasteiger partial charge in [-0.2, -0.15) is 0 Å². The normalized spacial score (nSPS) is 26.0. The molecule has 1 aromatic heterocycles. The van der Waals surface area contributed by atoms with Crippen LogP contribution in [0.1, 0.15) is 44.6 Å². The molecule has 2 fully saturated rings. The Balaban J connectivity index is 1.47. The van der Waals surface area contributed by atoms with Crippen LogP contribution in [0.2, 0.25) is 0 Å². The molecule has 1 heterocycles. The van der Waals surface area contributed by atoms with Crippen molar-refractivity contribution in [2.24, 2.45) is 5.41 Å². The van der Waals surface area contributed by atoms with Gasteiger partial charge in [0, 0.05) is 36.9 Å². The number of ether oxygens (including phenoxy) is 1. The molecule has 0 radical (unpaired) electrons. The Kier molecular flexibility index (Phi) is 4.24. The Labute approximate surface area is 126 Å². The fourth-order valence-electron chi connectivity index (χ4n) is 3.71. The van der Waals surface area contributed by atoms with Crippen molar-refractivity contribution in [1.82, 2.24) is 10.3 Å². The Morgan fingerprint density at radius 2 is 2.38 bits per heavy atom. The minimum Gasteiger partial charge on any atom is -0.378 e. The van der Waals surface area contributed by atoms with Gasteiger partial charge in [-0.3, -0.25) is 9.78 Å². The summed E-state index contributed by atoms with van der Waals surface area (Å²) in [6, 6.07) is 4.25. The van der Waals surface area contributed by atoms with E-state index in [4.69, 9.17) is 4.74 Å². The van der Waals surface area contributed by atoms with E-state index in [9.17, 15) is 4.79 Å². The molecular weight excluding hydrogens is 264 g/mol. The van der Waals surface area contributed by atoms with E-state index in [1.165, 1.54) is 19.3 Å². The predicted molar refractivity (Wildman–Crippen MR) is 80.8 cm³/mol. The number of aryl methyl sites for hydroxylation is 1. The molecule has 3 rings (SSSR count). The monoisotopic (exact) mass is 288 g/mol. The van der Waals surface area contributed by atoms with Crippen molar-refractivity contribution in [2.45, 2.75) is 57.6 Å². The molecular formula is C17H24N2O2. The maximum Gasteiger partial charge on any atom is 0.220 e. The number of hydrogen-bond donors (Lipinski definition) is 1. The Morgan fingerprint density at radius 3 is 3.00 bits per heavy atom. The molecule has 0 unspecified atom stereocenters. The van der Waals surface area contributed by atoms with Gasteiger partial charge in [-0.15, -0.1) is 0 Å². The maximum absolute atomic E-state index is 12.1. The first-order valence-corrected chi connectivity index (χ1v) is 8.04. The second-order valence-corrected chi connectivity index (χ2v) is 6.25. The van der Waals surface area contributed by atoms with Crippen molar-refractivity contribution in [3.05, 3.63) is 30.1 Å². The molecule has 1 aromatic rings. The highest BCUT2D eigenvalue weighted by molar-refractivity contribution is 5.76. The van der Waals surface area contributed by atoms with Gasteiger partial charge in [0.2, 0.25) is 5.91 Å². The van der Waals surface area contributed by atoms with Gasteiger partial charge in [0.1, 0.15) is 0 Å². The summed E-state index contributed by atoms with van der Waals surface area (Å²) in [6.45, 7) is 2.82. The van der Waals surface area contributed by atoms with Crippen LogP contribution in [0, 0.1) is 5.41 Å². The van der Waals surface area contributed by atoms with Crippen LogP contribution in [0.15, 0.2) is 24.5 Å². The Bertz CT molecular complexity index is 485. The highest BCUT2D eigenvalue weighted by Crippen LogP contribution is 2.57. The zero-order valence-electron chi connectivity index (χ0n) is 12.7. The highest BCUT2D eigenvalue weighted by Gasteiger charge is 2.59. The number of carbonyl (C=O) groups is 1. The van der Waals surface area contributed by atoms with Gasteiger partial charge in [0.25, 0.3) is 0 Å². The molecule has 1 amide bonds. The van der Waals surface area contributed by atoms with E-state index in [0.717, 1.165) is 25.0 Å². The van der Waals surface area contributed by atoms with Crippen LogP contribution < -0.4 is 5.32 Å². The van der Waals surface area contributed by atoms with Gasteiger partial charge >= 0.3 is 0 Å². The van der Waals surface area contributed by atoms with Gasteiger partial charge in [-0.1, -0.05) is 12.5 Å². The molecule has 4 nitrogen and oxygen atoms in total. The zero-order chi connectivity index (χ0) is 14.7. The first kappa shape index (κ1) is 14.5. The number of nitrogens with one attached hydrogen (secondary N) is 1. The van der Waals surface area contributed by atoms with E-state index in [1.807, 2.05) is 25.3 Å². The van der Waals surface area contributed by atoms with Crippen LogP contribution >= 0.6 is 0 Å². The van der Waals surface area contributed by atoms with E-state index in [1.54, 1.807) is 6.20 Å². The molecule has 21 heavy (non-hydrogen) atoms. The number of aromatic nitrogens is 1. The number of nitrogens with zero attached hydrogens (tertiary/aromatic N) is 1. The van der Waals surface area contributed by atoms with E-state index in [2.05, 4.69) is 10.3 Å². The van der Waals surface area contributed by atoms with Crippen molar-refractivity contribution in [3.8, 4) is 0 Å². The molecule has 114 valence electrons. The van der Waals surface area contributed by atoms with Crippen LogP contribution in [0.4, 0.5) is 0 Å². The van der Waals surface area contributed by atoms with Crippen LogP contribution in [0.3, 0.4) is 0 Å². The summed E-state index contributed by atoms with van der Waals surface area (Å²) in [6.07, 6.45) is 9.89. The predicted octanol–water partition coefficient (Wildman–Crippen LogP) is 2.48. The Hall–Kier alpha value is -1.42. The first-order valence-electron chi connectivity index (χ1n) is 8.04. The summed E-state index contributed by atoms with van der Waals surface area (Å²) in [5.74, 6) is 0.157. The lowest BCUT2D eigenvalue weighted by Gasteiger charge is -2.61. The van der Waals surface area contributed by atoms with Gasteiger partial charge < -0.3 is 10.1 Å². The molecule has 2 aliphatic carbocycles. The molecule has 2 aliphatic rings. The fraction of sp³-hybridized carbons (Fsp3) is 0.647. The van der Waals surface area contributed by atoms with E-state index < -0.39 is 0 Å². The molecule has 2 saturated carbocycles. The smallest absolute Gasteiger partial charge is 0.220 e. The van der Waals surface area contributed by atoms with Gasteiger partial charge in [0.15, 0.2) is 0 Å². The third-order valence-electron chi connectivity index (χ3n) is 5.14. The van der Waals surface area contributed by atoms with Crippen LogP contribution in [-0.4, -0.2) is 29.6 Å². The SMILES string of the molecule is CCO[C@@H]1C[C@H](NC(=O)CCc2cccnc2)C12CCC2. The van der Waals surface area contributed by atoms with Crippen molar-refractivity contribution in [1.29, 1.82) is 0 Å². The van der Waals surface area contributed by atoms with Crippen LogP contribution in [0.5, 0.6) is 0 Å². The van der Waals surface area contributed by atoms with E-state index >= 15 is 0 Å². The molecule has 0 bridgehead atoms. The average Bonchev–Trinajstić information content (AvgIpc) is 2.43. The average molecular weight is 288 g/mol. The largest absolute Gasteiger partial charge is 0.378 e. The first-order chi connectivity index (χ1) is 10.2. The lowest BCUT2D eigenvalue weighted by atomic mass is 9.51. The van der Waals surface area contributed by atoms with Gasteiger partial charge in [-0.25, -0.2) is 0 Å². The number of carbonyl (C=O) groups excluding carboxylic acids is 1. The van der Waals surface area contributed by atoms with Crippen molar-refractivity contribution in [3.63, 3.8) is 0 Å². The number of hydrogen-bond acceptors (Lipinski definition) is 3. The lowest BCUT2D eigenvalue weighted by Crippen LogP contribution is -2.67. The van der Waals surface area contributed by atoms with Crippen LogP contribution in [-0.2, 0) is 16.0 Å². The summed E-state index contributed by atoms with van der Waals surface area (Å²) in [7, 11) is 0. The summed E-state index contributed by atoms with van der Waals surface area (Å²) in [5.41, 5.74) is 1.37. The molecule has 0 aliphatic heterocycles. The maximum atomic E-state index is 12.1. The fourth-order valence-corrected chi connectivity index (χ4v) is 3.71. The van der Waals surface area contributed by atoms with Crippen molar-refractivity contribution >= 4 is 5.91 Å². The zero-order valence-corrected chi connectivity index (χ0v) is 12.7. The third kappa shape index (κ3) is 2.82. The van der Waals surface area contributed by atoms with Crippen molar-refractivity contribution < 1.29 is 9.53 Å². The molecule has 0 aromatic carbocycles. The minimum atomic E-state index is 0.157. The van der Waals surface area contributed by atoms with E-state index in [-0.39, 0.29) is 11.3 Å².